The minimum atomic E-state index is -1.06. The van der Waals surface area contributed by atoms with E-state index in [9.17, 15) is 4.57 Å². The van der Waals surface area contributed by atoms with Crippen molar-refractivity contribution in [1.82, 2.24) is 0 Å². The molecule has 0 rings (SSSR count). The lowest BCUT2D eigenvalue weighted by molar-refractivity contribution is 0.212. The lowest BCUT2D eigenvalue weighted by atomic mass is 10.1. The SMILES string of the molecule is C=CCC(CCCC)O[PH2]=O. The number of unbranched alkanes of at least 4 members (excludes halogenated alkanes) is 1. The lowest BCUT2D eigenvalue weighted by Crippen LogP contribution is -2.05. The van der Waals surface area contributed by atoms with Gasteiger partial charge in [0.05, 0.1) is 6.10 Å². The normalized spacial score (nSPS) is 13.9. The molecule has 66 valence electrons. The Labute approximate surface area is 69.9 Å². The van der Waals surface area contributed by atoms with Crippen LogP contribution >= 0.6 is 8.69 Å². The molecule has 0 fully saturated rings. The molecule has 0 aliphatic heterocycles. The molecule has 2 nitrogen and oxygen atoms in total. The third-order valence-electron chi connectivity index (χ3n) is 1.56. The van der Waals surface area contributed by atoms with E-state index in [0.29, 0.717) is 0 Å². The van der Waals surface area contributed by atoms with Gasteiger partial charge in [0.2, 0.25) is 0 Å². The van der Waals surface area contributed by atoms with Crippen LogP contribution in [0.2, 0.25) is 0 Å². The molecule has 0 N–H and O–H groups in total. The van der Waals surface area contributed by atoms with Gasteiger partial charge < -0.3 is 4.52 Å². The van der Waals surface area contributed by atoms with Crippen molar-refractivity contribution in [2.75, 3.05) is 0 Å². The number of hydrogen-bond acceptors (Lipinski definition) is 2. The quantitative estimate of drug-likeness (QED) is 0.440. The Kier molecular flexibility index (Phi) is 7.98. The van der Waals surface area contributed by atoms with Crippen LogP contribution in [0.1, 0.15) is 32.6 Å². The van der Waals surface area contributed by atoms with E-state index in [-0.39, 0.29) is 6.10 Å². The summed E-state index contributed by atoms with van der Waals surface area (Å²) in [5.41, 5.74) is 0. The van der Waals surface area contributed by atoms with E-state index in [1.54, 1.807) is 0 Å². The maximum Gasteiger partial charge on any atom is 0.180 e. The predicted octanol–water partition coefficient (Wildman–Crippen LogP) is 2.81. The summed E-state index contributed by atoms with van der Waals surface area (Å²) in [7, 11) is -1.06. The van der Waals surface area contributed by atoms with Crippen molar-refractivity contribution in [2.24, 2.45) is 0 Å². The van der Waals surface area contributed by atoms with Gasteiger partial charge in [0.1, 0.15) is 0 Å². The summed E-state index contributed by atoms with van der Waals surface area (Å²) in [5.74, 6) is 0. The van der Waals surface area contributed by atoms with Gasteiger partial charge in [-0.15, -0.1) is 6.58 Å². The Morgan fingerprint density at radius 1 is 1.73 bits per heavy atom. The van der Waals surface area contributed by atoms with Gasteiger partial charge in [0.15, 0.2) is 8.69 Å². The molecule has 0 aromatic rings. The monoisotopic (exact) mass is 176 g/mol. The Morgan fingerprint density at radius 2 is 2.45 bits per heavy atom. The zero-order valence-corrected chi connectivity index (χ0v) is 8.24. The van der Waals surface area contributed by atoms with E-state index < -0.39 is 8.69 Å². The van der Waals surface area contributed by atoms with Gasteiger partial charge in [-0.05, 0) is 12.8 Å². The van der Waals surface area contributed by atoms with E-state index >= 15 is 0 Å². The van der Waals surface area contributed by atoms with Gasteiger partial charge in [-0.2, -0.15) is 0 Å². The van der Waals surface area contributed by atoms with Crippen LogP contribution in [0.15, 0.2) is 12.7 Å². The molecule has 0 aromatic heterocycles. The van der Waals surface area contributed by atoms with E-state index in [1.165, 1.54) is 0 Å². The second-order valence-electron chi connectivity index (χ2n) is 2.52. The first-order valence-corrected chi connectivity index (χ1v) is 4.99. The zero-order chi connectivity index (χ0) is 8.53. The van der Waals surface area contributed by atoms with Gasteiger partial charge >= 0.3 is 0 Å². The van der Waals surface area contributed by atoms with Gasteiger partial charge in [-0.1, -0.05) is 25.8 Å². The van der Waals surface area contributed by atoms with Crippen LogP contribution in [0.3, 0.4) is 0 Å². The Bertz CT molecular complexity index is 105. The zero-order valence-electron chi connectivity index (χ0n) is 7.08. The first kappa shape index (κ1) is 10.9. The smallest absolute Gasteiger partial charge is 0.180 e. The maximum absolute atomic E-state index is 10.2. The molecule has 0 bridgehead atoms. The molecule has 11 heavy (non-hydrogen) atoms. The summed E-state index contributed by atoms with van der Waals surface area (Å²) in [6, 6.07) is 0. The highest BCUT2D eigenvalue weighted by atomic mass is 31.1. The fraction of sp³-hybridized carbons (Fsp3) is 0.750. The predicted molar refractivity (Wildman–Crippen MR) is 49.6 cm³/mol. The van der Waals surface area contributed by atoms with Crippen LogP contribution in [0, 0.1) is 0 Å². The third-order valence-corrected chi connectivity index (χ3v) is 2.05. The molecule has 0 aromatic carbocycles. The first-order valence-electron chi connectivity index (χ1n) is 4.05. The summed E-state index contributed by atoms with van der Waals surface area (Å²) < 4.78 is 15.2. The molecule has 0 radical (unpaired) electrons. The van der Waals surface area contributed by atoms with Crippen LogP contribution < -0.4 is 0 Å². The Morgan fingerprint density at radius 3 is 2.91 bits per heavy atom. The highest BCUT2D eigenvalue weighted by Crippen LogP contribution is 2.14. The summed E-state index contributed by atoms with van der Waals surface area (Å²) in [4.78, 5) is 0. The van der Waals surface area contributed by atoms with Crippen LogP contribution in [0.5, 0.6) is 0 Å². The topological polar surface area (TPSA) is 26.3 Å². The second-order valence-corrected chi connectivity index (χ2v) is 2.99. The maximum atomic E-state index is 10.2. The molecule has 2 unspecified atom stereocenters. The largest absolute Gasteiger partial charge is 0.329 e. The Hall–Kier alpha value is -0.0700. The van der Waals surface area contributed by atoms with Gasteiger partial charge in [0, 0.05) is 0 Å². The fourth-order valence-corrected chi connectivity index (χ4v) is 1.34. The molecular formula is C8H17O2P. The fourth-order valence-electron chi connectivity index (χ4n) is 0.938. The van der Waals surface area contributed by atoms with Gasteiger partial charge in [0.25, 0.3) is 0 Å². The second kappa shape index (κ2) is 8.03. The molecule has 0 saturated heterocycles. The average Bonchev–Trinajstić information content (AvgIpc) is 2.01. The first-order chi connectivity index (χ1) is 5.35. The summed E-state index contributed by atoms with van der Waals surface area (Å²) in [6.07, 6.45) is 6.06. The minimum absolute atomic E-state index is 0.139. The van der Waals surface area contributed by atoms with Crippen molar-refractivity contribution >= 4 is 8.69 Å². The molecule has 3 heteroatoms. The molecule has 0 amide bonds. The highest BCUT2D eigenvalue weighted by Gasteiger charge is 2.04. The molecular weight excluding hydrogens is 159 g/mol. The number of rotatable bonds is 7. The molecule has 2 atom stereocenters. The average molecular weight is 176 g/mol. The van der Waals surface area contributed by atoms with Crippen molar-refractivity contribution in [3.8, 4) is 0 Å². The molecule has 0 saturated carbocycles. The van der Waals surface area contributed by atoms with Gasteiger partial charge in [-0.25, -0.2) is 0 Å². The van der Waals surface area contributed by atoms with Crippen LogP contribution in [-0.4, -0.2) is 6.10 Å². The molecule has 0 aliphatic rings. The molecule has 0 spiro atoms. The lowest BCUT2D eigenvalue weighted by Gasteiger charge is -2.10. The summed E-state index contributed by atoms with van der Waals surface area (Å²) in [6.45, 7) is 5.75. The van der Waals surface area contributed by atoms with Crippen molar-refractivity contribution < 1.29 is 9.09 Å². The van der Waals surface area contributed by atoms with E-state index in [2.05, 4.69) is 13.5 Å². The van der Waals surface area contributed by atoms with Crippen molar-refractivity contribution in [2.45, 2.75) is 38.7 Å². The van der Waals surface area contributed by atoms with E-state index in [0.717, 1.165) is 25.7 Å². The van der Waals surface area contributed by atoms with Crippen LogP contribution in [-0.2, 0) is 9.09 Å². The number of hydrogen-bond donors (Lipinski definition) is 0. The van der Waals surface area contributed by atoms with E-state index in [1.807, 2.05) is 6.08 Å². The third kappa shape index (κ3) is 6.33. The van der Waals surface area contributed by atoms with Crippen molar-refractivity contribution in [1.29, 1.82) is 0 Å². The standard InChI is InChI=1S/C8H17O2P/c1-3-5-7-8(6-4-2)10-11-9/h4,8H,2-3,5-7,11H2,1H3. The Balaban J connectivity index is 3.49. The summed E-state index contributed by atoms with van der Waals surface area (Å²) >= 11 is 0. The van der Waals surface area contributed by atoms with E-state index in [4.69, 9.17) is 4.52 Å². The summed E-state index contributed by atoms with van der Waals surface area (Å²) in [5, 5.41) is 0. The van der Waals surface area contributed by atoms with Crippen LogP contribution in [0.4, 0.5) is 0 Å². The molecule has 0 aliphatic carbocycles. The van der Waals surface area contributed by atoms with Gasteiger partial charge in [-0.3, -0.25) is 4.57 Å². The van der Waals surface area contributed by atoms with Crippen molar-refractivity contribution in [3.63, 3.8) is 0 Å². The van der Waals surface area contributed by atoms with Crippen molar-refractivity contribution in [3.05, 3.63) is 12.7 Å². The molecule has 0 heterocycles. The minimum Gasteiger partial charge on any atom is -0.329 e. The highest BCUT2D eigenvalue weighted by molar-refractivity contribution is 7.17. The van der Waals surface area contributed by atoms with Crippen LogP contribution in [0.25, 0.3) is 0 Å².